The first-order valence-corrected chi connectivity index (χ1v) is 25.0. The van der Waals surface area contributed by atoms with Crippen molar-refractivity contribution >= 4 is 19.8 Å². The Morgan fingerprint density at radius 2 is 1.14 bits per heavy atom. The Morgan fingerprint density at radius 3 is 1.73 bits per heavy atom. The van der Waals surface area contributed by atoms with Crippen LogP contribution in [0, 0.1) is 0 Å². The Hall–Kier alpha value is -2.07. The summed E-state index contributed by atoms with van der Waals surface area (Å²) in [5.41, 5.74) is 0. The summed E-state index contributed by atoms with van der Waals surface area (Å²) in [5, 5.41) is 10.1. The van der Waals surface area contributed by atoms with E-state index in [0.29, 0.717) is 30.3 Å². The first kappa shape index (κ1) is 56.9. The maximum absolute atomic E-state index is 12.7. The molecule has 0 saturated carbocycles. The molecule has 2 N–H and O–H groups in total. The minimum absolute atomic E-state index is 0.0103. The van der Waals surface area contributed by atoms with Crippen LogP contribution in [0.2, 0.25) is 0 Å². The fourth-order valence-electron chi connectivity index (χ4n) is 6.21. The second-order valence-corrected chi connectivity index (χ2v) is 18.4. The summed E-state index contributed by atoms with van der Waals surface area (Å²) in [4.78, 5) is 35.4. The van der Waals surface area contributed by atoms with Crippen LogP contribution in [0.4, 0.5) is 0 Å². The van der Waals surface area contributed by atoms with Gasteiger partial charge in [0.2, 0.25) is 0 Å². The lowest BCUT2D eigenvalue weighted by Gasteiger charge is -2.24. The zero-order chi connectivity index (χ0) is 43.7. The van der Waals surface area contributed by atoms with E-state index in [4.69, 9.17) is 18.5 Å². The average molecular weight is 855 g/mol. The molecular weight excluding hydrogens is 766 g/mol. The van der Waals surface area contributed by atoms with Crippen molar-refractivity contribution in [2.75, 3.05) is 47.5 Å². The SMILES string of the molecule is CCCCC/C=C\C[C@H](O)/C=C/C=C\C/C=C\CCCC(=O)O[C@H](COC(=O)CCCCCCCCCCCCCCCCCCC)COP(=O)(O)OCC[N+](C)(C)C. The van der Waals surface area contributed by atoms with Gasteiger partial charge in [0.25, 0.3) is 0 Å². The maximum atomic E-state index is 12.7. The number of aliphatic hydroxyl groups is 1. The smallest absolute Gasteiger partial charge is 0.462 e. The number of allylic oxidation sites excluding steroid dienone is 6. The van der Waals surface area contributed by atoms with Gasteiger partial charge in [-0.15, -0.1) is 0 Å². The van der Waals surface area contributed by atoms with Crippen LogP contribution in [-0.4, -0.2) is 86.1 Å². The highest BCUT2D eigenvalue weighted by molar-refractivity contribution is 7.47. The molecule has 0 aliphatic rings. The number of phosphoric ester groups is 1. The summed E-state index contributed by atoms with van der Waals surface area (Å²) < 4.78 is 34.2. The molecule has 3 atom stereocenters. The number of phosphoric acid groups is 1. The zero-order valence-electron chi connectivity index (χ0n) is 38.3. The zero-order valence-corrected chi connectivity index (χ0v) is 39.2. The maximum Gasteiger partial charge on any atom is 0.472 e. The number of quaternary nitrogens is 1. The van der Waals surface area contributed by atoms with Crippen LogP contribution < -0.4 is 0 Å². The number of ether oxygens (including phenoxy) is 2. The van der Waals surface area contributed by atoms with E-state index in [-0.39, 0.29) is 26.1 Å². The molecule has 0 aromatic carbocycles. The second-order valence-electron chi connectivity index (χ2n) is 17.0. The lowest BCUT2D eigenvalue weighted by atomic mass is 10.0. The van der Waals surface area contributed by atoms with Crippen LogP contribution in [-0.2, 0) is 32.7 Å². The molecule has 0 aromatic rings. The highest BCUT2D eigenvalue weighted by atomic mass is 31.2. The lowest BCUT2D eigenvalue weighted by molar-refractivity contribution is -0.870. The van der Waals surface area contributed by atoms with Gasteiger partial charge in [-0.05, 0) is 44.9 Å². The molecule has 59 heavy (non-hydrogen) atoms. The fourth-order valence-corrected chi connectivity index (χ4v) is 6.95. The predicted molar refractivity (Wildman–Crippen MR) is 244 cm³/mol. The van der Waals surface area contributed by atoms with Gasteiger partial charge in [-0.1, -0.05) is 178 Å². The Kier molecular flexibility index (Phi) is 38.6. The number of hydrogen-bond acceptors (Lipinski definition) is 8. The van der Waals surface area contributed by atoms with Crippen molar-refractivity contribution in [3.8, 4) is 0 Å². The van der Waals surface area contributed by atoms with Gasteiger partial charge in [0.15, 0.2) is 6.10 Å². The van der Waals surface area contributed by atoms with Crippen LogP contribution in [0.5, 0.6) is 0 Å². The van der Waals surface area contributed by atoms with Crippen molar-refractivity contribution < 1.29 is 47.2 Å². The molecule has 1 unspecified atom stereocenters. The lowest BCUT2D eigenvalue weighted by Crippen LogP contribution is -2.37. The van der Waals surface area contributed by atoms with Gasteiger partial charge >= 0.3 is 19.8 Å². The molecule has 0 amide bonds. The Balaban J connectivity index is 4.46. The van der Waals surface area contributed by atoms with Gasteiger partial charge in [0.1, 0.15) is 19.8 Å². The van der Waals surface area contributed by atoms with Crippen molar-refractivity contribution in [3.63, 3.8) is 0 Å². The van der Waals surface area contributed by atoms with E-state index in [1.54, 1.807) is 6.08 Å². The van der Waals surface area contributed by atoms with Crippen molar-refractivity contribution in [2.24, 2.45) is 0 Å². The third-order valence-electron chi connectivity index (χ3n) is 9.94. The average Bonchev–Trinajstić information content (AvgIpc) is 3.18. The minimum atomic E-state index is -4.41. The molecule has 344 valence electrons. The Labute approximate surface area is 361 Å². The van der Waals surface area contributed by atoms with Gasteiger partial charge in [0.05, 0.1) is 33.9 Å². The molecule has 0 fully saturated rings. The van der Waals surface area contributed by atoms with Crippen LogP contribution in [0.25, 0.3) is 0 Å². The van der Waals surface area contributed by atoms with E-state index >= 15 is 0 Å². The summed E-state index contributed by atoms with van der Waals surface area (Å²) >= 11 is 0. The molecular formula is C48H89NO9P+. The third-order valence-corrected chi connectivity index (χ3v) is 10.9. The number of aliphatic hydroxyl groups excluding tert-OH is 1. The first-order chi connectivity index (χ1) is 28.4. The number of rotatable bonds is 42. The Morgan fingerprint density at radius 1 is 0.610 bits per heavy atom. The largest absolute Gasteiger partial charge is 0.472 e. The Bertz CT molecular complexity index is 1160. The predicted octanol–water partition coefficient (Wildman–Crippen LogP) is 12.4. The van der Waals surface area contributed by atoms with Crippen LogP contribution in [0.15, 0.2) is 48.6 Å². The molecule has 0 rings (SSSR count). The summed E-state index contributed by atoms with van der Waals surface area (Å²) in [7, 11) is 1.40. The number of hydrogen-bond donors (Lipinski definition) is 2. The van der Waals surface area contributed by atoms with E-state index in [2.05, 4.69) is 19.9 Å². The van der Waals surface area contributed by atoms with Crippen LogP contribution in [0.1, 0.15) is 187 Å². The first-order valence-electron chi connectivity index (χ1n) is 23.5. The summed E-state index contributed by atoms with van der Waals surface area (Å²) in [6.07, 6.45) is 43.3. The van der Waals surface area contributed by atoms with Crippen molar-refractivity contribution in [1.29, 1.82) is 0 Å². The van der Waals surface area contributed by atoms with E-state index < -0.39 is 38.6 Å². The molecule has 0 spiro atoms. The number of likely N-dealkylation sites (N-methyl/N-ethyl adjacent to an activating group) is 1. The van der Waals surface area contributed by atoms with E-state index in [9.17, 15) is 24.2 Å². The van der Waals surface area contributed by atoms with Crippen molar-refractivity contribution in [2.45, 2.75) is 199 Å². The molecule has 0 saturated heterocycles. The summed E-state index contributed by atoms with van der Waals surface area (Å²) in [6, 6.07) is 0. The van der Waals surface area contributed by atoms with Gasteiger partial charge in [0, 0.05) is 12.8 Å². The summed E-state index contributed by atoms with van der Waals surface area (Å²) in [5.74, 6) is -0.899. The van der Waals surface area contributed by atoms with Gasteiger partial charge in [-0.3, -0.25) is 18.6 Å². The molecule has 0 aliphatic heterocycles. The molecule has 0 aromatic heterocycles. The highest BCUT2D eigenvalue weighted by Gasteiger charge is 2.27. The molecule has 10 nitrogen and oxygen atoms in total. The standard InChI is InChI=1S/C48H88NO9P/c1-6-8-10-12-14-15-16-17-18-19-20-21-22-23-27-31-35-39-47(51)55-43-46(44-57-59(53,54)56-42-41-49(3,4)5)58-48(52)40-36-32-28-25-24-26-30-34-38-45(50)37-33-29-13-11-9-7-2/h25-26,28-30,33-34,38,45-46,50H,6-24,27,31-32,35-37,39-44H2,1-5H3/p+1/b28-25-,30-26-,33-29-,38-34+/t45-,46+/m0/s1. The second kappa shape index (κ2) is 40.0. The number of esters is 2. The molecule has 11 heteroatoms. The molecule has 0 aliphatic carbocycles. The molecule has 0 heterocycles. The number of nitrogens with zero attached hydrogens (tertiary/aromatic N) is 1. The minimum Gasteiger partial charge on any atom is -0.462 e. The van der Waals surface area contributed by atoms with Crippen molar-refractivity contribution in [1.82, 2.24) is 0 Å². The number of unbranched alkanes of at least 4 members (excludes halogenated alkanes) is 20. The van der Waals surface area contributed by atoms with E-state index in [1.165, 1.54) is 109 Å². The van der Waals surface area contributed by atoms with Gasteiger partial charge in [-0.25, -0.2) is 4.57 Å². The third kappa shape index (κ3) is 43.8. The van der Waals surface area contributed by atoms with Crippen LogP contribution >= 0.6 is 7.82 Å². The topological polar surface area (TPSA) is 129 Å². The van der Waals surface area contributed by atoms with Crippen molar-refractivity contribution in [3.05, 3.63) is 48.6 Å². The summed E-state index contributed by atoms with van der Waals surface area (Å²) in [6.45, 7) is 4.25. The van der Waals surface area contributed by atoms with E-state index in [0.717, 1.165) is 32.1 Å². The number of carbonyl (C=O) groups excluding carboxylic acids is 2. The molecule has 0 bridgehead atoms. The van der Waals surface area contributed by atoms with Crippen LogP contribution in [0.3, 0.4) is 0 Å². The molecule has 0 radical (unpaired) electrons. The normalized spacial score (nSPS) is 14.5. The van der Waals surface area contributed by atoms with E-state index in [1.807, 2.05) is 57.6 Å². The van der Waals surface area contributed by atoms with Gasteiger partial charge in [-0.2, -0.15) is 0 Å². The number of carbonyl (C=O) groups is 2. The highest BCUT2D eigenvalue weighted by Crippen LogP contribution is 2.43. The monoisotopic (exact) mass is 855 g/mol. The van der Waals surface area contributed by atoms with Gasteiger partial charge < -0.3 is 24.0 Å². The fraction of sp³-hybridized carbons (Fsp3) is 0.792. The quantitative estimate of drug-likeness (QED) is 0.0154.